The first-order chi connectivity index (χ1) is 14.5. The van der Waals surface area contributed by atoms with Crippen molar-refractivity contribution in [2.24, 2.45) is 5.92 Å². The van der Waals surface area contributed by atoms with Gasteiger partial charge in [0.15, 0.2) is 0 Å². The number of amides is 2. The molecule has 1 saturated carbocycles. The largest absolute Gasteiger partial charge is 0.442 e. The van der Waals surface area contributed by atoms with Crippen molar-refractivity contribution in [2.75, 3.05) is 34.9 Å². The van der Waals surface area contributed by atoms with Crippen LogP contribution < -0.4 is 15.1 Å². The lowest BCUT2D eigenvalue weighted by Gasteiger charge is -2.31. The van der Waals surface area contributed by atoms with Crippen molar-refractivity contribution in [3.05, 3.63) is 24.0 Å². The number of carbonyl (C=O) groups is 2. The van der Waals surface area contributed by atoms with Crippen LogP contribution in [0, 0.1) is 11.7 Å². The molecular weight excluding hydrogens is 405 g/mol. The lowest BCUT2D eigenvalue weighted by atomic mass is 9.85. The number of rotatable bonds is 7. The van der Waals surface area contributed by atoms with Gasteiger partial charge < -0.3 is 15.0 Å². The molecule has 2 saturated heterocycles. The molecule has 2 aliphatic heterocycles. The quantitative estimate of drug-likeness (QED) is 0.706. The van der Waals surface area contributed by atoms with Crippen molar-refractivity contribution in [3.8, 4) is 0 Å². The fourth-order valence-corrected chi connectivity index (χ4v) is 5.31. The highest BCUT2D eigenvalue weighted by atomic mass is 32.2. The van der Waals surface area contributed by atoms with Crippen LogP contribution in [0.4, 0.5) is 20.6 Å². The fourth-order valence-electron chi connectivity index (χ4n) is 4.60. The standard InChI is InChI=1S/C22H30FN3O3S/c1-14-6-7-17(13-30-2)26(14)20-9-8-16(10-19(20)23)25-12-18(29-22(25)28)11-24-21(27)15-4-3-5-15/h8-10,14-15,17-18H,3-7,11-13H2,1-2H3,(H,24,27)/t14?,17?,18-/m0/s1. The molecule has 2 amide bonds. The Labute approximate surface area is 181 Å². The normalized spacial score (nSPS) is 26.6. The molecule has 1 N–H and O–H groups in total. The Balaban J connectivity index is 1.41. The number of hydrogen-bond donors (Lipinski definition) is 1. The maximum Gasteiger partial charge on any atom is 0.414 e. The smallest absolute Gasteiger partial charge is 0.414 e. The number of carbonyl (C=O) groups excluding carboxylic acids is 2. The maximum atomic E-state index is 15.1. The summed E-state index contributed by atoms with van der Waals surface area (Å²) >= 11 is 1.78. The summed E-state index contributed by atoms with van der Waals surface area (Å²) in [5.74, 6) is 0.786. The second-order valence-corrected chi connectivity index (χ2v) is 9.48. The molecule has 0 aromatic heterocycles. The monoisotopic (exact) mass is 435 g/mol. The van der Waals surface area contributed by atoms with Gasteiger partial charge in [-0.1, -0.05) is 6.42 Å². The van der Waals surface area contributed by atoms with Gasteiger partial charge in [0.05, 0.1) is 24.5 Å². The zero-order chi connectivity index (χ0) is 21.3. The predicted molar refractivity (Wildman–Crippen MR) is 118 cm³/mol. The number of benzene rings is 1. The Bertz CT molecular complexity index is 802. The molecule has 1 aromatic carbocycles. The van der Waals surface area contributed by atoms with Gasteiger partial charge in [0.1, 0.15) is 11.9 Å². The van der Waals surface area contributed by atoms with Gasteiger partial charge in [-0.2, -0.15) is 11.8 Å². The summed E-state index contributed by atoms with van der Waals surface area (Å²) < 4.78 is 20.5. The van der Waals surface area contributed by atoms with Gasteiger partial charge in [0, 0.05) is 23.8 Å². The Morgan fingerprint density at radius 2 is 2.10 bits per heavy atom. The molecule has 3 atom stereocenters. The number of hydrogen-bond acceptors (Lipinski definition) is 5. The summed E-state index contributed by atoms with van der Waals surface area (Å²) in [4.78, 5) is 28.0. The first kappa shape index (κ1) is 21.3. The third kappa shape index (κ3) is 4.24. The van der Waals surface area contributed by atoms with E-state index in [2.05, 4.69) is 23.4 Å². The number of nitrogens with one attached hydrogen (secondary N) is 1. The summed E-state index contributed by atoms with van der Waals surface area (Å²) in [6.07, 6.45) is 6.23. The van der Waals surface area contributed by atoms with E-state index in [-0.39, 0.29) is 17.6 Å². The van der Waals surface area contributed by atoms with Crippen LogP contribution >= 0.6 is 11.8 Å². The zero-order valence-corrected chi connectivity index (χ0v) is 18.4. The third-order valence-corrected chi connectivity index (χ3v) is 7.24. The molecule has 30 heavy (non-hydrogen) atoms. The van der Waals surface area contributed by atoms with Gasteiger partial charge in [0.2, 0.25) is 5.91 Å². The minimum absolute atomic E-state index is 0.0330. The van der Waals surface area contributed by atoms with E-state index in [0.717, 1.165) is 37.9 Å². The van der Waals surface area contributed by atoms with E-state index < -0.39 is 12.2 Å². The summed E-state index contributed by atoms with van der Waals surface area (Å²) in [7, 11) is 0. The van der Waals surface area contributed by atoms with Crippen molar-refractivity contribution >= 4 is 35.1 Å². The highest BCUT2D eigenvalue weighted by Crippen LogP contribution is 2.35. The van der Waals surface area contributed by atoms with Crippen molar-refractivity contribution in [1.82, 2.24) is 5.32 Å². The molecule has 3 aliphatic rings. The average Bonchev–Trinajstić information content (AvgIpc) is 3.22. The van der Waals surface area contributed by atoms with E-state index in [9.17, 15) is 9.59 Å². The van der Waals surface area contributed by atoms with E-state index in [4.69, 9.17) is 4.74 Å². The molecule has 0 spiro atoms. The molecule has 0 radical (unpaired) electrons. The topological polar surface area (TPSA) is 61.9 Å². The molecule has 2 heterocycles. The Morgan fingerprint density at radius 3 is 2.77 bits per heavy atom. The van der Waals surface area contributed by atoms with Gasteiger partial charge in [-0.3, -0.25) is 9.69 Å². The van der Waals surface area contributed by atoms with Gasteiger partial charge in [0.25, 0.3) is 0 Å². The zero-order valence-electron chi connectivity index (χ0n) is 17.6. The average molecular weight is 436 g/mol. The van der Waals surface area contributed by atoms with Crippen LogP contribution in [0.3, 0.4) is 0 Å². The van der Waals surface area contributed by atoms with Crippen LogP contribution in [0.15, 0.2) is 18.2 Å². The SMILES string of the molecule is CSCC1CCC(C)N1c1ccc(N2C[C@H](CNC(=O)C3CCC3)OC2=O)cc1F. The van der Waals surface area contributed by atoms with Crippen LogP contribution in [0.2, 0.25) is 0 Å². The Kier molecular flexibility index (Phi) is 6.41. The van der Waals surface area contributed by atoms with Gasteiger partial charge in [-0.05, 0) is 57.1 Å². The lowest BCUT2D eigenvalue weighted by Crippen LogP contribution is -2.40. The molecule has 0 bridgehead atoms. The first-order valence-corrected chi connectivity index (χ1v) is 12.2. The number of cyclic esters (lactones) is 1. The number of nitrogens with zero attached hydrogens (tertiary/aromatic N) is 2. The van der Waals surface area contributed by atoms with E-state index in [0.29, 0.717) is 36.5 Å². The van der Waals surface area contributed by atoms with E-state index >= 15 is 4.39 Å². The van der Waals surface area contributed by atoms with Crippen LogP contribution in [0.25, 0.3) is 0 Å². The Morgan fingerprint density at radius 1 is 1.30 bits per heavy atom. The number of halogens is 1. The third-order valence-electron chi connectivity index (χ3n) is 6.52. The predicted octanol–water partition coefficient (Wildman–Crippen LogP) is 3.79. The van der Waals surface area contributed by atoms with Crippen LogP contribution in [0.5, 0.6) is 0 Å². The maximum absolute atomic E-state index is 15.1. The van der Waals surface area contributed by atoms with Crippen molar-refractivity contribution in [2.45, 2.75) is 57.2 Å². The van der Waals surface area contributed by atoms with E-state index in [1.54, 1.807) is 23.9 Å². The van der Waals surface area contributed by atoms with Crippen LogP contribution in [0.1, 0.15) is 39.0 Å². The molecule has 3 fully saturated rings. The first-order valence-electron chi connectivity index (χ1n) is 10.8. The van der Waals surface area contributed by atoms with Gasteiger partial charge in [-0.25, -0.2) is 9.18 Å². The molecule has 4 rings (SSSR count). The van der Waals surface area contributed by atoms with Crippen molar-refractivity contribution in [3.63, 3.8) is 0 Å². The van der Waals surface area contributed by atoms with Gasteiger partial charge in [-0.15, -0.1) is 0 Å². The summed E-state index contributed by atoms with van der Waals surface area (Å²) in [5, 5.41) is 2.87. The second-order valence-electron chi connectivity index (χ2n) is 8.57. The Hall–Kier alpha value is -1.96. The van der Waals surface area contributed by atoms with Crippen LogP contribution in [-0.4, -0.2) is 55.3 Å². The van der Waals surface area contributed by atoms with E-state index in [1.165, 1.54) is 11.0 Å². The fraction of sp³-hybridized carbons (Fsp3) is 0.636. The highest BCUT2D eigenvalue weighted by molar-refractivity contribution is 7.98. The highest BCUT2D eigenvalue weighted by Gasteiger charge is 2.35. The minimum atomic E-state index is -0.500. The number of thioether (sulfide) groups is 1. The molecule has 2 unspecified atom stereocenters. The van der Waals surface area contributed by atoms with E-state index in [1.807, 2.05) is 0 Å². The van der Waals surface area contributed by atoms with Crippen LogP contribution in [-0.2, 0) is 9.53 Å². The summed E-state index contributed by atoms with van der Waals surface area (Å²) in [6.45, 7) is 2.73. The number of anilines is 2. The number of ether oxygens (including phenoxy) is 1. The second kappa shape index (κ2) is 9.04. The van der Waals surface area contributed by atoms with Gasteiger partial charge >= 0.3 is 6.09 Å². The van der Waals surface area contributed by atoms with Crippen molar-refractivity contribution < 1.29 is 18.7 Å². The summed E-state index contributed by atoms with van der Waals surface area (Å²) in [6, 6.07) is 5.61. The molecule has 1 aliphatic carbocycles. The molecule has 1 aromatic rings. The molecule has 164 valence electrons. The van der Waals surface area contributed by atoms with Crippen molar-refractivity contribution in [1.29, 1.82) is 0 Å². The lowest BCUT2D eigenvalue weighted by molar-refractivity contribution is -0.127. The molecule has 6 nitrogen and oxygen atoms in total. The molecule has 8 heteroatoms. The summed E-state index contributed by atoms with van der Waals surface area (Å²) in [5.41, 5.74) is 1.09. The molecular formula is C22H30FN3O3S. The minimum Gasteiger partial charge on any atom is -0.442 e.